The van der Waals surface area contributed by atoms with Gasteiger partial charge < -0.3 is 10.1 Å². The zero-order chi connectivity index (χ0) is 11.9. The first kappa shape index (κ1) is 12.9. The summed E-state index contributed by atoms with van der Waals surface area (Å²) >= 11 is 1.91. The van der Waals surface area contributed by atoms with Crippen LogP contribution in [0.4, 0.5) is 0 Å². The molecule has 0 amide bonds. The quantitative estimate of drug-likeness (QED) is 0.620. The molecule has 0 spiro atoms. The zero-order valence-electron chi connectivity index (χ0n) is 10.4. The van der Waals surface area contributed by atoms with Gasteiger partial charge in [0.1, 0.15) is 0 Å². The van der Waals surface area contributed by atoms with Crippen molar-refractivity contribution in [3.05, 3.63) is 30.3 Å². The summed E-state index contributed by atoms with van der Waals surface area (Å²) in [5.41, 5.74) is 0. The van der Waals surface area contributed by atoms with Gasteiger partial charge in [-0.1, -0.05) is 18.2 Å². The molecule has 94 valence electrons. The van der Waals surface area contributed by atoms with E-state index in [1.807, 2.05) is 11.8 Å². The average Bonchev–Trinajstić information content (AvgIpc) is 2.89. The maximum Gasteiger partial charge on any atom is 0.0509 e. The van der Waals surface area contributed by atoms with Crippen LogP contribution >= 0.6 is 11.8 Å². The van der Waals surface area contributed by atoms with Gasteiger partial charge in [-0.05, 0) is 31.4 Å². The molecule has 0 unspecified atom stereocenters. The van der Waals surface area contributed by atoms with E-state index in [0.29, 0.717) is 12.0 Å². The summed E-state index contributed by atoms with van der Waals surface area (Å²) in [5, 5.41) is 3.59. The van der Waals surface area contributed by atoms with Crippen LogP contribution in [-0.4, -0.2) is 31.6 Å². The molecule has 1 N–H and O–H groups in total. The fraction of sp³-hybridized carbons (Fsp3) is 0.571. The second-order valence-corrected chi connectivity index (χ2v) is 5.70. The third-order valence-electron chi connectivity index (χ3n) is 3.25. The Hall–Kier alpha value is -0.510. The molecule has 0 saturated carbocycles. The second kappa shape index (κ2) is 7.04. The third kappa shape index (κ3) is 4.34. The van der Waals surface area contributed by atoms with Crippen molar-refractivity contribution < 1.29 is 4.74 Å². The van der Waals surface area contributed by atoms with E-state index in [1.165, 1.54) is 11.3 Å². The van der Waals surface area contributed by atoms with Gasteiger partial charge in [0.25, 0.3) is 0 Å². The van der Waals surface area contributed by atoms with E-state index in [2.05, 4.69) is 42.6 Å². The molecule has 2 atom stereocenters. The van der Waals surface area contributed by atoms with Gasteiger partial charge in [0.05, 0.1) is 6.61 Å². The maximum atomic E-state index is 5.41. The summed E-state index contributed by atoms with van der Waals surface area (Å²) in [6.45, 7) is 5.21. The van der Waals surface area contributed by atoms with Crippen molar-refractivity contribution >= 4 is 11.8 Å². The monoisotopic (exact) mass is 251 g/mol. The summed E-state index contributed by atoms with van der Waals surface area (Å²) < 4.78 is 5.41. The minimum absolute atomic E-state index is 0.578. The second-order valence-electron chi connectivity index (χ2n) is 4.53. The fourth-order valence-electron chi connectivity index (χ4n) is 2.09. The molecule has 3 heteroatoms. The van der Waals surface area contributed by atoms with Crippen molar-refractivity contribution in [3.8, 4) is 0 Å². The van der Waals surface area contributed by atoms with Gasteiger partial charge in [0.15, 0.2) is 0 Å². The molecule has 1 aromatic carbocycles. The van der Waals surface area contributed by atoms with Crippen LogP contribution < -0.4 is 5.32 Å². The number of benzene rings is 1. The molecule has 0 aromatic heterocycles. The summed E-state index contributed by atoms with van der Waals surface area (Å²) in [5.74, 6) is 1.83. The van der Waals surface area contributed by atoms with Crippen LogP contribution in [0.1, 0.15) is 13.3 Å². The van der Waals surface area contributed by atoms with Crippen LogP contribution in [0.3, 0.4) is 0 Å². The van der Waals surface area contributed by atoms with Crippen molar-refractivity contribution in [2.75, 3.05) is 25.5 Å². The van der Waals surface area contributed by atoms with E-state index in [1.54, 1.807) is 0 Å². The minimum Gasteiger partial charge on any atom is -0.381 e. The Morgan fingerprint density at radius 2 is 2.24 bits per heavy atom. The smallest absolute Gasteiger partial charge is 0.0509 e. The lowest BCUT2D eigenvalue weighted by Crippen LogP contribution is -2.35. The highest BCUT2D eigenvalue weighted by Crippen LogP contribution is 2.18. The van der Waals surface area contributed by atoms with Crippen LogP contribution in [0.2, 0.25) is 0 Å². The van der Waals surface area contributed by atoms with Crippen molar-refractivity contribution in [3.63, 3.8) is 0 Å². The van der Waals surface area contributed by atoms with E-state index in [4.69, 9.17) is 4.74 Å². The number of rotatable bonds is 6. The van der Waals surface area contributed by atoms with Gasteiger partial charge >= 0.3 is 0 Å². The largest absolute Gasteiger partial charge is 0.381 e. The molecule has 1 fully saturated rings. The van der Waals surface area contributed by atoms with Crippen LogP contribution in [0, 0.1) is 5.92 Å². The first-order valence-corrected chi connectivity index (χ1v) is 7.34. The number of thioether (sulfide) groups is 1. The molecule has 0 radical (unpaired) electrons. The average molecular weight is 251 g/mol. The zero-order valence-corrected chi connectivity index (χ0v) is 11.2. The van der Waals surface area contributed by atoms with E-state index in [-0.39, 0.29) is 0 Å². The molecule has 2 nitrogen and oxygen atoms in total. The highest BCUT2D eigenvalue weighted by Gasteiger charge is 2.21. The van der Waals surface area contributed by atoms with Crippen molar-refractivity contribution in [1.29, 1.82) is 0 Å². The summed E-state index contributed by atoms with van der Waals surface area (Å²) in [6, 6.07) is 11.2. The number of hydrogen-bond donors (Lipinski definition) is 1. The molecular weight excluding hydrogens is 230 g/mol. The van der Waals surface area contributed by atoms with Gasteiger partial charge in [-0.3, -0.25) is 0 Å². The van der Waals surface area contributed by atoms with E-state index < -0.39 is 0 Å². The lowest BCUT2D eigenvalue weighted by Gasteiger charge is -2.18. The summed E-state index contributed by atoms with van der Waals surface area (Å²) in [6.07, 6.45) is 1.21. The van der Waals surface area contributed by atoms with E-state index >= 15 is 0 Å². The summed E-state index contributed by atoms with van der Waals surface area (Å²) in [4.78, 5) is 1.35. The van der Waals surface area contributed by atoms with E-state index in [0.717, 1.165) is 25.5 Å². The van der Waals surface area contributed by atoms with Crippen LogP contribution in [0.15, 0.2) is 35.2 Å². The van der Waals surface area contributed by atoms with Crippen molar-refractivity contribution in [2.24, 2.45) is 5.92 Å². The third-order valence-corrected chi connectivity index (χ3v) is 4.27. The molecule has 17 heavy (non-hydrogen) atoms. The predicted octanol–water partition coefficient (Wildman–Crippen LogP) is 2.79. The lowest BCUT2D eigenvalue weighted by atomic mass is 10.0. The number of ether oxygens (including phenoxy) is 1. The van der Waals surface area contributed by atoms with E-state index in [9.17, 15) is 0 Å². The van der Waals surface area contributed by atoms with Crippen LogP contribution in [0.5, 0.6) is 0 Å². The van der Waals surface area contributed by atoms with Gasteiger partial charge in [-0.25, -0.2) is 0 Å². The highest BCUT2D eigenvalue weighted by atomic mass is 32.2. The summed E-state index contributed by atoms with van der Waals surface area (Å²) in [7, 11) is 0. The Labute approximate surface area is 108 Å². The Balaban J connectivity index is 1.59. The molecule has 1 aliphatic heterocycles. The standard InChI is InChI=1S/C14H21NOS/c1-12(13-7-9-16-11-13)15-8-10-17-14-5-3-2-4-6-14/h2-6,12-13,15H,7-11H2,1H3/t12-,13+/m0/s1. The first-order valence-electron chi connectivity index (χ1n) is 6.35. The first-order chi connectivity index (χ1) is 8.36. The molecular formula is C14H21NOS. The van der Waals surface area contributed by atoms with Crippen molar-refractivity contribution in [2.45, 2.75) is 24.3 Å². The Morgan fingerprint density at radius 1 is 1.41 bits per heavy atom. The molecule has 0 bridgehead atoms. The molecule has 2 rings (SSSR count). The fourth-order valence-corrected chi connectivity index (χ4v) is 2.89. The predicted molar refractivity (Wildman–Crippen MR) is 73.6 cm³/mol. The van der Waals surface area contributed by atoms with Crippen molar-refractivity contribution in [1.82, 2.24) is 5.32 Å². The Bertz CT molecular complexity index is 311. The van der Waals surface area contributed by atoms with Gasteiger partial charge in [-0.2, -0.15) is 0 Å². The molecule has 1 aromatic rings. The highest BCUT2D eigenvalue weighted by molar-refractivity contribution is 7.99. The Kier molecular flexibility index (Phi) is 5.36. The topological polar surface area (TPSA) is 21.3 Å². The van der Waals surface area contributed by atoms with Crippen LogP contribution in [0.25, 0.3) is 0 Å². The maximum absolute atomic E-state index is 5.41. The van der Waals surface area contributed by atoms with Gasteiger partial charge in [0, 0.05) is 29.8 Å². The lowest BCUT2D eigenvalue weighted by molar-refractivity contribution is 0.178. The molecule has 0 aliphatic carbocycles. The SMILES string of the molecule is C[C@H](NCCSc1ccccc1)[C@@H]1CCOC1. The Morgan fingerprint density at radius 3 is 2.94 bits per heavy atom. The van der Waals surface area contributed by atoms with Gasteiger partial charge in [0.2, 0.25) is 0 Å². The molecule has 1 heterocycles. The normalized spacial score (nSPS) is 21.6. The van der Waals surface area contributed by atoms with Crippen LogP contribution in [-0.2, 0) is 4.74 Å². The molecule has 1 aliphatic rings. The number of nitrogens with one attached hydrogen (secondary N) is 1. The van der Waals surface area contributed by atoms with Gasteiger partial charge in [-0.15, -0.1) is 11.8 Å². The molecule has 1 saturated heterocycles. The number of hydrogen-bond acceptors (Lipinski definition) is 3. The minimum atomic E-state index is 0.578.